The van der Waals surface area contributed by atoms with Crippen LogP contribution in [0.25, 0.3) is 11.0 Å². The first kappa shape index (κ1) is 20.2. The maximum absolute atomic E-state index is 12.6. The molecule has 0 saturated heterocycles. The maximum atomic E-state index is 12.6. The molecule has 0 saturated carbocycles. The SMILES string of the molecule is COCCn1c(SC(C)C(=O)Nc2cccc(C#N)c2)nc2cc(Cl)ccc21. The van der Waals surface area contributed by atoms with Gasteiger partial charge in [0.2, 0.25) is 5.91 Å². The lowest BCUT2D eigenvalue weighted by atomic mass is 10.2. The van der Waals surface area contributed by atoms with Crippen molar-refractivity contribution in [2.24, 2.45) is 0 Å². The van der Waals surface area contributed by atoms with Crippen LogP contribution in [0.1, 0.15) is 12.5 Å². The highest BCUT2D eigenvalue weighted by molar-refractivity contribution is 8.00. The van der Waals surface area contributed by atoms with Crippen molar-refractivity contribution in [3.05, 3.63) is 53.1 Å². The van der Waals surface area contributed by atoms with Crippen molar-refractivity contribution in [3.8, 4) is 6.07 Å². The molecule has 1 N–H and O–H groups in total. The van der Waals surface area contributed by atoms with E-state index in [9.17, 15) is 4.79 Å². The number of fused-ring (bicyclic) bond motifs is 1. The van der Waals surface area contributed by atoms with E-state index in [0.717, 1.165) is 16.2 Å². The lowest BCUT2D eigenvalue weighted by Gasteiger charge is -2.13. The standard InChI is InChI=1S/C20H19ClN4O2S/c1-13(19(26)23-16-5-3-4-14(10-16)12-22)28-20-24-17-11-15(21)6-7-18(17)25(20)8-9-27-2/h3-7,10-11,13H,8-9H2,1-2H3,(H,23,26). The van der Waals surface area contributed by atoms with Gasteiger partial charge in [0.15, 0.2) is 5.16 Å². The number of rotatable bonds is 7. The molecule has 0 fully saturated rings. The minimum atomic E-state index is -0.390. The Labute approximate surface area is 172 Å². The van der Waals surface area contributed by atoms with Gasteiger partial charge >= 0.3 is 0 Å². The van der Waals surface area contributed by atoms with Crippen molar-refractivity contribution in [3.63, 3.8) is 0 Å². The lowest BCUT2D eigenvalue weighted by molar-refractivity contribution is -0.115. The number of amides is 1. The molecule has 1 aromatic heterocycles. The van der Waals surface area contributed by atoms with Crippen LogP contribution in [0.4, 0.5) is 5.69 Å². The Morgan fingerprint density at radius 1 is 1.39 bits per heavy atom. The third-order valence-electron chi connectivity index (χ3n) is 4.10. The molecule has 0 aliphatic carbocycles. The van der Waals surface area contributed by atoms with Gasteiger partial charge in [-0.2, -0.15) is 5.26 Å². The summed E-state index contributed by atoms with van der Waals surface area (Å²) in [6.07, 6.45) is 0. The normalized spacial score (nSPS) is 11.9. The number of carbonyl (C=O) groups is 1. The van der Waals surface area contributed by atoms with Gasteiger partial charge in [-0.15, -0.1) is 0 Å². The molecular weight excluding hydrogens is 396 g/mol. The van der Waals surface area contributed by atoms with Crippen LogP contribution in [0.15, 0.2) is 47.6 Å². The zero-order valence-corrected chi connectivity index (χ0v) is 17.0. The number of ether oxygens (including phenoxy) is 1. The number of nitrogens with one attached hydrogen (secondary N) is 1. The van der Waals surface area contributed by atoms with Gasteiger partial charge in [-0.1, -0.05) is 29.4 Å². The number of benzene rings is 2. The highest BCUT2D eigenvalue weighted by atomic mass is 35.5. The van der Waals surface area contributed by atoms with Crippen LogP contribution in [-0.4, -0.2) is 34.4 Å². The predicted octanol–water partition coefficient (Wildman–Crippen LogP) is 4.33. The van der Waals surface area contributed by atoms with Crippen molar-refractivity contribution < 1.29 is 9.53 Å². The molecule has 0 aliphatic rings. The van der Waals surface area contributed by atoms with Crippen molar-refractivity contribution in [2.45, 2.75) is 23.9 Å². The monoisotopic (exact) mass is 414 g/mol. The van der Waals surface area contributed by atoms with E-state index in [1.165, 1.54) is 11.8 Å². The third-order valence-corrected chi connectivity index (χ3v) is 5.43. The van der Waals surface area contributed by atoms with E-state index in [0.29, 0.717) is 29.4 Å². The van der Waals surface area contributed by atoms with E-state index >= 15 is 0 Å². The summed E-state index contributed by atoms with van der Waals surface area (Å²) in [5.41, 5.74) is 2.81. The summed E-state index contributed by atoms with van der Waals surface area (Å²) in [6.45, 7) is 2.97. The fraction of sp³-hybridized carbons (Fsp3) is 0.250. The number of aromatic nitrogens is 2. The van der Waals surface area contributed by atoms with Crippen molar-refractivity contribution in [1.82, 2.24) is 9.55 Å². The summed E-state index contributed by atoms with van der Waals surface area (Å²) in [5.74, 6) is -0.163. The van der Waals surface area contributed by atoms with E-state index in [4.69, 9.17) is 21.6 Å². The third kappa shape index (κ3) is 4.65. The lowest BCUT2D eigenvalue weighted by Crippen LogP contribution is -2.23. The Bertz CT molecular complexity index is 1040. The zero-order valence-electron chi connectivity index (χ0n) is 15.5. The van der Waals surface area contributed by atoms with E-state index in [1.807, 2.05) is 29.7 Å². The first-order valence-corrected chi connectivity index (χ1v) is 9.90. The molecule has 3 rings (SSSR count). The minimum Gasteiger partial charge on any atom is -0.383 e. The Kier molecular flexibility index (Phi) is 6.57. The van der Waals surface area contributed by atoms with E-state index < -0.39 is 0 Å². The van der Waals surface area contributed by atoms with Crippen LogP contribution < -0.4 is 5.32 Å². The highest BCUT2D eigenvalue weighted by Gasteiger charge is 2.20. The number of anilines is 1. The maximum Gasteiger partial charge on any atom is 0.237 e. The van der Waals surface area contributed by atoms with Crippen LogP contribution >= 0.6 is 23.4 Å². The number of nitriles is 1. The molecule has 1 unspecified atom stereocenters. The highest BCUT2D eigenvalue weighted by Crippen LogP contribution is 2.29. The molecule has 1 heterocycles. The predicted molar refractivity (Wildman–Crippen MR) is 112 cm³/mol. The number of methoxy groups -OCH3 is 1. The molecule has 1 atom stereocenters. The first-order valence-electron chi connectivity index (χ1n) is 8.64. The quantitative estimate of drug-likeness (QED) is 0.582. The van der Waals surface area contributed by atoms with Gasteiger partial charge in [0.05, 0.1) is 34.5 Å². The summed E-state index contributed by atoms with van der Waals surface area (Å²) in [6, 6.07) is 14.4. The largest absolute Gasteiger partial charge is 0.383 e. The van der Waals surface area contributed by atoms with Gasteiger partial charge in [-0.3, -0.25) is 4.79 Å². The fourth-order valence-electron chi connectivity index (χ4n) is 2.69. The summed E-state index contributed by atoms with van der Waals surface area (Å²) in [5, 5.41) is 12.8. The van der Waals surface area contributed by atoms with E-state index in [-0.39, 0.29) is 11.2 Å². The second-order valence-electron chi connectivity index (χ2n) is 6.11. The summed E-state index contributed by atoms with van der Waals surface area (Å²) < 4.78 is 7.23. The number of hydrogen-bond donors (Lipinski definition) is 1. The van der Waals surface area contributed by atoms with Gasteiger partial charge in [-0.25, -0.2) is 4.98 Å². The van der Waals surface area contributed by atoms with Crippen molar-refractivity contribution in [2.75, 3.05) is 19.0 Å². The number of imidazole rings is 1. The van der Waals surface area contributed by atoms with Crippen LogP contribution in [-0.2, 0) is 16.1 Å². The Morgan fingerprint density at radius 2 is 2.21 bits per heavy atom. The molecule has 0 spiro atoms. The zero-order chi connectivity index (χ0) is 20.1. The number of carbonyl (C=O) groups excluding carboxylic acids is 1. The van der Waals surface area contributed by atoms with Gasteiger partial charge < -0.3 is 14.6 Å². The average Bonchev–Trinajstić information content (AvgIpc) is 3.02. The van der Waals surface area contributed by atoms with Gasteiger partial charge in [-0.05, 0) is 43.3 Å². The van der Waals surface area contributed by atoms with E-state index in [2.05, 4.69) is 16.4 Å². The molecule has 144 valence electrons. The number of thioether (sulfide) groups is 1. The topological polar surface area (TPSA) is 79.9 Å². The summed E-state index contributed by atoms with van der Waals surface area (Å²) in [4.78, 5) is 17.3. The second-order valence-corrected chi connectivity index (χ2v) is 7.86. The minimum absolute atomic E-state index is 0.163. The second kappa shape index (κ2) is 9.11. The Hall–Kier alpha value is -2.53. The smallest absolute Gasteiger partial charge is 0.237 e. The molecule has 8 heteroatoms. The summed E-state index contributed by atoms with van der Waals surface area (Å²) in [7, 11) is 1.65. The first-order chi connectivity index (χ1) is 13.5. The number of nitrogens with zero attached hydrogens (tertiary/aromatic N) is 3. The average molecular weight is 415 g/mol. The molecular formula is C20H19ClN4O2S. The van der Waals surface area contributed by atoms with Crippen LogP contribution in [0.2, 0.25) is 5.02 Å². The molecule has 3 aromatic rings. The Balaban J connectivity index is 1.80. The molecule has 0 radical (unpaired) electrons. The molecule has 1 amide bonds. The van der Waals surface area contributed by atoms with E-state index in [1.54, 1.807) is 31.4 Å². The summed E-state index contributed by atoms with van der Waals surface area (Å²) >= 11 is 7.45. The van der Waals surface area contributed by atoms with Gasteiger partial charge in [0.1, 0.15) is 0 Å². The van der Waals surface area contributed by atoms with Crippen molar-refractivity contribution >= 4 is 46.0 Å². The van der Waals surface area contributed by atoms with Gasteiger partial charge in [0.25, 0.3) is 0 Å². The van der Waals surface area contributed by atoms with Crippen LogP contribution in [0.3, 0.4) is 0 Å². The Morgan fingerprint density at radius 3 is 2.96 bits per heavy atom. The van der Waals surface area contributed by atoms with Gasteiger partial charge in [0, 0.05) is 24.4 Å². The molecule has 2 aromatic carbocycles. The number of halogens is 1. The van der Waals surface area contributed by atoms with Crippen molar-refractivity contribution in [1.29, 1.82) is 5.26 Å². The number of hydrogen-bond acceptors (Lipinski definition) is 5. The molecule has 28 heavy (non-hydrogen) atoms. The molecule has 6 nitrogen and oxygen atoms in total. The van der Waals surface area contributed by atoms with Crippen LogP contribution in [0, 0.1) is 11.3 Å². The molecule has 0 bridgehead atoms. The molecule has 0 aliphatic heterocycles. The fourth-order valence-corrected chi connectivity index (χ4v) is 3.81. The van der Waals surface area contributed by atoms with Crippen LogP contribution in [0.5, 0.6) is 0 Å².